The van der Waals surface area contributed by atoms with Gasteiger partial charge < -0.3 is 20.4 Å². The maximum Gasteiger partial charge on any atom is 0.306 e. The molecule has 186 valence electrons. The van der Waals surface area contributed by atoms with E-state index < -0.39 is 17.9 Å². The first-order valence-electron chi connectivity index (χ1n) is 12.1. The highest BCUT2D eigenvalue weighted by Gasteiger charge is 2.29. The third-order valence-corrected chi connectivity index (χ3v) is 6.16. The van der Waals surface area contributed by atoms with Crippen LogP contribution in [0.4, 0.5) is 0 Å². The highest BCUT2D eigenvalue weighted by molar-refractivity contribution is 5.91. The van der Waals surface area contributed by atoms with Gasteiger partial charge >= 0.3 is 5.97 Å². The molecule has 2 amide bonds. The zero-order valence-corrected chi connectivity index (χ0v) is 20.8. The largest absolute Gasteiger partial charge is 0.469 e. The molecule has 3 aromatic rings. The topological polar surface area (TPSA) is 100 Å². The summed E-state index contributed by atoms with van der Waals surface area (Å²) in [5.74, 6) is -1.42. The van der Waals surface area contributed by atoms with Crippen molar-refractivity contribution in [3.8, 4) is 0 Å². The molecule has 0 fully saturated rings. The number of methoxy groups -OCH3 is 1. The first-order valence-corrected chi connectivity index (χ1v) is 12.1. The molecule has 3 atom stereocenters. The molecule has 0 saturated heterocycles. The number of ether oxygens (including phenoxy) is 1. The van der Waals surface area contributed by atoms with E-state index in [4.69, 9.17) is 4.74 Å². The molecule has 1 aromatic heterocycles. The number of H-pyrrole nitrogens is 1. The van der Waals surface area contributed by atoms with Crippen molar-refractivity contribution < 1.29 is 19.1 Å². The standard InChI is InChI=1S/C28H35N3O4/c1-18(2)14-21(16-26(32)35-4)27(33)31-25(15-22-17-29-24-13-9-8-12-23(22)24)28(34)30-19(3)20-10-6-5-7-11-20/h5-13,17-19,21,25,29H,14-16H2,1-4H3,(H,30,34)(H,31,33)/t19-,21+,25-/m0/s1. The average molecular weight is 478 g/mol. The Bertz CT molecular complexity index is 1140. The fourth-order valence-corrected chi connectivity index (χ4v) is 4.29. The lowest BCUT2D eigenvalue weighted by atomic mass is 9.92. The third-order valence-electron chi connectivity index (χ3n) is 6.16. The predicted octanol–water partition coefficient (Wildman–Crippen LogP) is 4.30. The molecule has 0 saturated carbocycles. The molecule has 0 unspecified atom stereocenters. The molecule has 35 heavy (non-hydrogen) atoms. The summed E-state index contributed by atoms with van der Waals surface area (Å²) in [6, 6.07) is 16.5. The SMILES string of the molecule is COC(=O)C[C@@H](CC(C)C)C(=O)N[C@@H](Cc1c[nH]c2ccccc12)C(=O)N[C@@H](C)c1ccccc1. The van der Waals surface area contributed by atoms with Gasteiger partial charge in [0.1, 0.15) is 6.04 Å². The summed E-state index contributed by atoms with van der Waals surface area (Å²) < 4.78 is 4.80. The maximum absolute atomic E-state index is 13.4. The number of esters is 1. The highest BCUT2D eigenvalue weighted by atomic mass is 16.5. The average Bonchev–Trinajstić information content (AvgIpc) is 3.26. The minimum absolute atomic E-state index is 0.0254. The molecule has 0 spiro atoms. The number of amides is 2. The van der Waals surface area contributed by atoms with Gasteiger partial charge in [-0.05, 0) is 36.5 Å². The number of aromatic amines is 1. The number of hydrogen-bond donors (Lipinski definition) is 3. The van der Waals surface area contributed by atoms with Gasteiger partial charge in [-0.1, -0.05) is 62.4 Å². The predicted molar refractivity (Wildman–Crippen MR) is 137 cm³/mol. The quantitative estimate of drug-likeness (QED) is 0.359. The molecule has 1 heterocycles. The fraction of sp³-hybridized carbons (Fsp3) is 0.393. The second-order valence-corrected chi connectivity index (χ2v) is 9.37. The number of carbonyl (C=O) groups excluding carboxylic acids is 3. The van der Waals surface area contributed by atoms with Crippen LogP contribution in [0.1, 0.15) is 50.8 Å². The van der Waals surface area contributed by atoms with Gasteiger partial charge in [-0.25, -0.2) is 0 Å². The van der Waals surface area contributed by atoms with Crippen molar-refractivity contribution in [1.29, 1.82) is 0 Å². The van der Waals surface area contributed by atoms with Crippen LogP contribution in [0.2, 0.25) is 0 Å². The normalized spacial score (nSPS) is 13.7. The van der Waals surface area contributed by atoms with E-state index in [1.54, 1.807) is 0 Å². The summed E-state index contributed by atoms with van der Waals surface area (Å²) in [5.41, 5.74) is 2.87. The smallest absolute Gasteiger partial charge is 0.306 e. The van der Waals surface area contributed by atoms with E-state index in [2.05, 4.69) is 15.6 Å². The Labute approximate surface area is 206 Å². The van der Waals surface area contributed by atoms with Gasteiger partial charge in [-0.2, -0.15) is 0 Å². The van der Waals surface area contributed by atoms with Crippen LogP contribution in [0.25, 0.3) is 10.9 Å². The number of fused-ring (bicyclic) bond motifs is 1. The summed E-state index contributed by atoms with van der Waals surface area (Å²) in [6.07, 6.45) is 2.68. The highest BCUT2D eigenvalue weighted by Crippen LogP contribution is 2.21. The van der Waals surface area contributed by atoms with Gasteiger partial charge in [0, 0.05) is 29.4 Å². The van der Waals surface area contributed by atoms with E-state index in [0.29, 0.717) is 12.8 Å². The number of carbonyl (C=O) groups is 3. The van der Waals surface area contributed by atoms with Gasteiger partial charge in [-0.3, -0.25) is 14.4 Å². The number of benzene rings is 2. The Morgan fingerprint density at radius 3 is 2.29 bits per heavy atom. The van der Waals surface area contributed by atoms with Crippen molar-refractivity contribution in [2.75, 3.05) is 7.11 Å². The van der Waals surface area contributed by atoms with E-state index >= 15 is 0 Å². The van der Waals surface area contributed by atoms with Crippen LogP contribution in [0, 0.1) is 11.8 Å². The first kappa shape index (κ1) is 26.0. The Balaban J connectivity index is 1.83. The zero-order chi connectivity index (χ0) is 25.4. The Hall–Kier alpha value is -3.61. The molecule has 3 rings (SSSR count). The van der Waals surface area contributed by atoms with Crippen LogP contribution in [-0.4, -0.2) is 35.9 Å². The molecule has 7 heteroatoms. The lowest BCUT2D eigenvalue weighted by Gasteiger charge is -2.24. The van der Waals surface area contributed by atoms with Crippen LogP contribution in [0.5, 0.6) is 0 Å². The molecular formula is C28H35N3O4. The van der Waals surface area contributed by atoms with Gasteiger partial charge in [0.15, 0.2) is 0 Å². The van der Waals surface area contributed by atoms with E-state index in [-0.39, 0.29) is 30.2 Å². The van der Waals surface area contributed by atoms with Crippen molar-refractivity contribution in [3.63, 3.8) is 0 Å². The second kappa shape index (κ2) is 12.2. The summed E-state index contributed by atoms with van der Waals surface area (Å²) in [4.78, 5) is 41.9. The molecule has 2 aromatic carbocycles. The van der Waals surface area contributed by atoms with Crippen molar-refractivity contribution in [1.82, 2.24) is 15.6 Å². The Morgan fingerprint density at radius 1 is 0.914 bits per heavy atom. The minimum atomic E-state index is -0.805. The number of rotatable bonds is 11. The molecule has 0 bridgehead atoms. The van der Waals surface area contributed by atoms with E-state index in [9.17, 15) is 14.4 Å². The van der Waals surface area contributed by atoms with Crippen LogP contribution in [-0.2, 0) is 25.5 Å². The van der Waals surface area contributed by atoms with Crippen molar-refractivity contribution >= 4 is 28.7 Å². The van der Waals surface area contributed by atoms with E-state index in [1.807, 2.05) is 81.6 Å². The number of para-hydroxylation sites is 1. The van der Waals surface area contributed by atoms with Crippen LogP contribution < -0.4 is 10.6 Å². The van der Waals surface area contributed by atoms with E-state index in [0.717, 1.165) is 22.0 Å². The number of hydrogen-bond acceptors (Lipinski definition) is 4. The van der Waals surface area contributed by atoms with Crippen LogP contribution in [0.15, 0.2) is 60.8 Å². The van der Waals surface area contributed by atoms with Crippen molar-refractivity contribution in [3.05, 3.63) is 71.9 Å². The molecule has 0 aliphatic carbocycles. The Kier molecular flexibility index (Phi) is 9.06. The molecule has 0 aliphatic heterocycles. The summed E-state index contributed by atoms with van der Waals surface area (Å²) in [7, 11) is 1.31. The van der Waals surface area contributed by atoms with Gasteiger partial charge in [0.05, 0.1) is 19.6 Å². The second-order valence-electron chi connectivity index (χ2n) is 9.37. The first-order chi connectivity index (χ1) is 16.8. The summed E-state index contributed by atoms with van der Waals surface area (Å²) in [5, 5.41) is 6.98. The molecule has 0 aliphatic rings. The monoisotopic (exact) mass is 477 g/mol. The van der Waals surface area contributed by atoms with Crippen LogP contribution >= 0.6 is 0 Å². The zero-order valence-electron chi connectivity index (χ0n) is 20.8. The minimum Gasteiger partial charge on any atom is -0.469 e. The van der Waals surface area contributed by atoms with Gasteiger partial charge in [0.25, 0.3) is 0 Å². The van der Waals surface area contributed by atoms with Crippen molar-refractivity contribution in [2.45, 2.75) is 52.1 Å². The summed E-state index contributed by atoms with van der Waals surface area (Å²) in [6.45, 7) is 5.90. The third kappa shape index (κ3) is 7.18. The lowest BCUT2D eigenvalue weighted by Crippen LogP contribution is -2.50. The summed E-state index contributed by atoms with van der Waals surface area (Å²) >= 11 is 0. The van der Waals surface area contributed by atoms with Crippen molar-refractivity contribution in [2.24, 2.45) is 11.8 Å². The lowest BCUT2D eigenvalue weighted by molar-refractivity contribution is -0.144. The fourth-order valence-electron chi connectivity index (χ4n) is 4.29. The Morgan fingerprint density at radius 2 is 1.60 bits per heavy atom. The number of nitrogens with one attached hydrogen (secondary N) is 3. The molecule has 0 radical (unpaired) electrons. The van der Waals surface area contributed by atoms with Gasteiger partial charge in [0.2, 0.25) is 11.8 Å². The molecule has 7 nitrogen and oxygen atoms in total. The maximum atomic E-state index is 13.4. The van der Waals surface area contributed by atoms with E-state index in [1.165, 1.54) is 7.11 Å². The van der Waals surface area contributed by atoms with Gasteiger partial charge in [-0.15, -0.1) is 0 Å². The number of aromatic nitrogens is 1. The molecule has 3 N–H and O–H groups in total. The van der Waals surface area contributed by atoms with Crippen LogP contribution in [0.3, 0.4) is 0 Å². The molecular weight excluding hydrogens is 442 g/mol.